The van der Waals surface area contributed by atoms with Gasteiger partial charge >= 0.3 is 0 Å². The van der Waals surface area contributed by atoms with Crippen LogP contribution in [-0.4, -0.2) is 49.0 Å². The molecule has 2 heterocycles. The Hall–Kier alpha value is -2.83. The maximum Gasteiger partial charge on any atom is 0.264 e. The third-order valence-corrected chi connectivity index (χ3v) is 6.63. The van der Waals surface area contributed by atoms with E-state index in [1.807, 2.05) is 40.6 Å². The molecule has 3 aromatic rings. The van der Waals surface area contributed by atoms with Crippen molar-refractivity contribution in [3.05, 3.63) is 81.0 Å². The Morgan fingerprint density at radius 2 is 1.69 bits per heavy atom. The summed E-state index contributed by atoms with van der Waals surface area (Å²) >= 11 is 1.50. The van der Waals surface area contributed by atoms with Gasteiger partial charge in [0.1, 0.15) is 18.1 Å². The van der Waals surface area contributed by atoms with Gasteiger partial charge in [-0.3, -0.25) is 9.69 Å². The zero-order valence-electron chi connectivity index (χ0n) is 19.0. The number of aryl methyl sites for hydroxylation is 2. The lowest BCUT2D eigenvalue weighted by Crippen LogP contribution is -2.48. The molecular weight excluding hydrogens is 420 g/mol. The second kappa shape index (κ2) is 10.2. The van der Waals surface area contributed by atoms with Crippen molar-refractivity contribution in [2.45, 2.75) is 27.0 Å². The molecule has 0 atom stereocenters. The fourth-order valence-electron chi connectivity index (χ4n) is 4.04. The van der Waals surface area contributed by atoms with Gasteiger partial charge < -0.3 is 14.4 Å². The van der Waals surface area contributed by atoms with E-state index in [-0.39, 0.29) is 5.91 Å². The number of piperazine rings is 1. The first-order chi connectivity index (χ1) is 15.5. The van der Waals surface area contributed by atoms with Crippen LogP contribution in [0.4, 0.5) is 0 Å². The average Bonchev–Trinajstić information content (AvgIpc) is 3.26. The predicted molar refractivity (Wildman–Crippen MR) is 129 cm³/mol. The van der Waals surface area contributed by atoms with Crippen molar-refractivity contribution >= 4 is 17.2 Å². The summed E-state index contributed by atoms with van der Waals surface area (Å²) in [6, 6.07) is 16.3. The zero-order valence-corrected chi connectivity index (χ0v) is 19.8. The van der Waals surface area contributed by atoms with Crippen LogP contribution < -0.4 is 9.47 Å². The second-order valence-corrected chi connectivity index (χ2v) is 9.26. The van der Waals surface area contributed by atoms with Crippen LogP contribution >= 0.6 is 11.3 Å². The molecule has 6 heteroatoms. The molecule has 1 aliphatic heterocycles. The van der Waals surface area contributed by atoms with Crippen LogP contribution in [0.2, 0.25) is 0 Å². The van der Waals surface area contributed by atoms with Gasteiger partial charge in [-0.2, -0.15) is 0 Å². The molecule has 1 aromatic heterocycles. The van der Waals surface area contributed by atoms with Gasteiger partial charge in [-0.1, -0.05) is 18.2 Å². The first kappa shape index (κ1) is 22.4. The third-order valence-electron chi connectivity index (χ3n) is 5.67. The van der Waals surface area contributed by atoms with Gasteiger partial charge in [0.15, 0.2) is 0 Å². The average molecular weight is 451 g/mol. The Morgan fingerprint density at radius 3 is 2.41 bits per heavy atom. The maximum atomic E-state index is 13.0. The lowest BCUT2D eigenvalue weighted by atomic mass is 10.1. The normalized spacial score (nSPS) is 14.4. The number of benzene rings is 2. The minimum atomic E-state index is 0.119. The van der Waals surface area contributed by atoms with Gasteiger partial charge in [0, 0.05) is 38.3 Å². The fraction of sp³-hybridized carbons (Fsp3) is 0.346. The lowest BCUT2D eigenvalue weighted by Gasteiger charge is -2.34. The Kier molecular flexibility index (Phi) is 7.12. The summed E-state index contributed by atoms with van der Waals surface area (Å²) < 4.78 is 11.3. The molecule has 2 aromatic carbocycles. The van der Waals surface area contributed by atoms with Gasteiger partial charge in [0.2, 0.25) is 0 Å². The molecule has 0 aliphatic carbocycles. The summed E-state index contributed by atoms with van der Waals surface area (Å²) in [6.45, 7) is 8.71. The number of methoxy groups -OCH3 is 1. The summed E-state index contributed by atoms with van der Waals surface area (Å²) in [5.41, 5.74) is 4.64. The summed E-state index contributed by atoms with van der Waals surface area (Å²) in [6.07, 6.45) is 0. The van der Waals surface area contributed by atoms with Crippen molar-refractivity contribution in [1.29, 1.82) is 0 Å². The Labute approximate surface area is 194 Å². The van der Waals surface area contributed by atoms with Crippen LogP contribution in [0.5, 0.6) is 11.5 Å². The second-order valence-electron chi connectivity index (χ2n) is 8.35. The summed E-state index contributed by atoms with van der Waals surface area (Å²) in [5, 5.41) is 2.02. The SMILES string of the molecule is COc1cccc(CN2CCN(C(=O)c3cc(COc4cc(C)cc(C)c4)cs3)CC2)c1. The van der Waals surface area contributed by atoms with Crippen LogP contribution in [0.3, 0.4) is 0 Å². The zero-order chi connectivity index (χ0) is 22.5. The Bertz CT molecular complexity index is 1050. The van der Waals surface area contributed by atoms with E-state index < -0.39 is 0 Å². The van der Waals surface area contributed by atoms with Crippen LogP contribution in [0.25, 0.3) is 0 Å². The van der Waals surface area contributed by atoms with Crippen LogP contribution in [0, 0.1) is 13.8 Å². The van der Waals surface area contributed by atoms with Crippen molar-refractivity contribution in [2.24, 2.45) is 0 Å². The fourth-order valence-corrected chi connectivity index (χ4v) is 4.90. The summed E-state index contributed by atoms with van der Waals surface area (Å²) in [5.74, 6) is 1.87. The monoisotopic (exact) mass is 450 g/mol. The number of hydrogen-bond donors (Lipinski definition) is 0. The van der Waals surface area contributed by atoms with E-state index >= 15 is 0 Å². The highest BCUT2D eigenvalue weighted by Gasteiger charge is 2.23. The van der Waals surface area contributed by atoms with E-state index in [0.29, 0.717) is 6.61 Å². The summed E-state index contributed by atoms with van der Waals surface area (Å²) in [4.78, 5) is 18.1. The lowest BCUT2D eigenvalue weighted by molar-refractivity contribution is 0.0633. The van der Waals surface area contributed by atoms with Gasteiger partial charge in [0.25, 0.3) is 5.91 Å². The van der Waals surface area contributed by atoms with Crippen LogP contribution in [0.15, 0.2) is 53.9 Å². The number of carbonyl (C=O) groups is 1. The van der Waals surface area contributed by atoms with E-state index in [1.54, 1.807) is 7.11 Å². The highest BCUT2D eigenvalue weighted by atomic mass is 32.1. The predicted octanol–water partition coefficient (Wildman–Crippen LogP) is 4.91. The van der Waals surface area contributed by atoms with E-state index in [0.717, 1.165) is 54.7 Å². The number of amides is 1. The molecular formula is C26H30N2O3S. The van der Waals surface area contributed by atoms with Crippen molar-refractivity contribution in [2.75, 3.05) is 33.3 Å². The smallest absolute Gasteiger partial charge is 0.264 e. The molecule has 168 valence electrons. The molecule has 1 aliphatic rings. The number of hydrogen-bond acceptors (Lipinski definition) is 5. The molecule has 1 saturated heterocycles. The molecule has 0 bridgehead atoms. The first-order valence-electron chi connectivity index (χ1n) is 10.9. The molecule has 1 fully saturated rings. The highest BCUT2D eigenvalue weighted by Crippen LogP contribution is 2.22. The molecule has 0 N–H and O–H groups in total. The first-order valence-corrected chi connectivity index (χ1v) is 11.8. The van der Waals surface area contributed by atoms with Crippen LogP contribution in [0.1, 0.15) is 31.9 Å². The largest absolute Gasteiger partial charge is 0.497 e. The van der Waals surface area contributed by atoms with E-state index in [2.05, 4.69) is 36.9 Å². The van der Waals surface area contributed by atoms with Gasteiger partial charge in [-0.05, 0) is 66.2 Å². The highest BCUT2D eigenvalue weighted by molar-refractivity contribution is 7.12. The Balaban J connectivity index is 1.28. The molecule has 4 rings (SSSR count). The van der Waals surface area contributed by atoms with E-state index in [1.165, 1.54) is 28.0 Å². The minimum Gasteiger partial charge on any atom is -0.497 e. The quantitative estimate of drug-likeness (QED) is 0.513. The molecule has 0 spiro atoms. The van der Waals surface area contributed by atoms with Crippen molar-refractivity contribution in [3.8, 4) is 11.5 Å². The molecule has 1 amide bonds. The standard InChI is InChI=1S/C26H30N2O3S/c1-19-11-20(2)13-24(12-19)31-17-22-15-25(32-18-22)26(29)28-9-7-27(8-10-28)16-21-5-4-6-23(14-21)30-3/h4-6,11-15,18H,7-10,16-17H2,1-3H3. The van der Waals surface area contributed by atoms with Crippen molar-refractivity contribution < 1.29 is 14.3 Å². The summed E-state index contributed by atoms with van der Waals surface area (Å²) in [7, 11) is 1.69. The molecule has 0 unspecified atom stereocenters. The van der Waals surface area contributed by atoms with Crippen LogP contribution in [-0.2, 0) is 13.2 Å². The van der Waals surface area contributed by atoms with Gasteiger partial charge in [-0.25, -0.2) is 0 Å². The number of carbonyl (C=O) groups excluding carboxylic acids is 1. The minimum absolute atomic E-state index is 0.119. The topological polar surface area (TPSA) is 42.0 Å². The maximum absolute atomic E-state index is 13.0. The molecule has 32 heavy (non-hydrogen) atoms. The Morgan fingerprint density at radius 1 is 0.938 bits per heavy atom. The molecule has 0 saturated carbocycles. The van der Waals surface area contributed by atoms with Crippen molar-refractivity contribution in [3.63, 3.8) is 0 Å². The van der Waals surface area contributed by atoms with E-state index in [4.69, 9.17) is 9.47 Å². The molecule has 5 nitrogen and oxygen atoms in total. The number of thiophene rings is 1. The van der Waals surface area contributed by atoms with Gasteiger partial charge in [-0.15, -0.1) is 11.3 Å². The number of rotatable bonds is 7. The number of ether oxygens (including phenoxy) is 2. The molecule has 0 radical (unpaired) electrons. The van der Waals surface area contributed by atoms with Gasteiger partial charge in [0.05, 0.1) is 12.0 Å². The van der Waals surface area contributed by atoms with Crippen molar-refractivity contribution in [1.82, 2.24) is 9.80 Å². The number of nitrogens with zero attached hydrogens (tertiary/aromatic N) is 2. The van der Waals surface area contributed by atoms with E-state index in [9.17, 15) is 4.79 Å². The third kappa shape index (κ3) is 5.69.